The second-order valence-corrected chi connectivity index (χ2v) is 6.29. The third-order valence-corrected chi connectivity index (χ3v) is 5.02. The number of fused-ring (bicyclic) bond motifs is 1. The van der Waals surface area contributed by atoms with Gasteiger partial charge in [0, 0.05) is 43.2 Å². The van der Waals surface area contributed by atoms with E-state index in [4.69, 9.17) is 15.2 Å². The Morgan fingerprint density at radius 3 is 2.70 bits per heavy atom. The van der Waals surface area contributed by atoms with Gasteiger partial charge >= 0.3 is 0 Å². The van der Waals surface area contributed by atoms with Crippen LogP contribution < -0.4 is 10.5 Å². The number of piperidine rings is 1. The number of nitrogens with zero attached hydrogens (tertiary/aromatic N) is 1. The van der Waals surface area contributed by atoms with Crippen LogP contribution >= 0.6 is 0 Å². The lowest BCUT2D eigenvalue weighted by atomic mass is 9.89. The number of nitrogens with two attached hydrogens (primary N) is 1. The molecule has 0 unspecified atom stereocenters. The van der Waals surface area contributed by atoms with Crippen molar-refractivity contribution < 1.29 is 9.47 Å². The number of ether oxygens (including phenoxy) is 2. The minimum absolute atomic E-state index is 0.399. The number of hydrogen-bond acceptors (Lipinski definition) is 4. The first-order valence-corrected chi connectivity index (χ1v) is 7.70. The Labute approximate surface area is 119 Å². The van der Waals surface area contributed by atoms with E-state index in [1.165, 1.54) is 19.3 Å². The van der Waals surface area contributed by atoms with E-state index in [-0.39, 0.29) is 0 Å². The van der Waals surface area contributed by atoms with Crippen LogP contribution in [0.5, 0.6) is 5.75 Å². The minimum atomic E-state index is -0.399. The highest BCUT2D eigenvalue weighted by molar-refractivity contribution is 5.48. The normalized spacial score (nSPS) is 25.8. The molecule has 4 heteroatoms. The third kappa shape index (κ3) is 2.07. The number of hydrogen-bond donors (Lipinski definition) is 1. The summed E-state index contributed by atoms with van der Waals surface area (Å²) in [5.74, 6) is 0.547. The van der Waals surface area contributed by atoms with Crippen molar-refractivity contribution in [2.24, 2.45) is 0 Å². The fraction of sp³-hybridized carbons (Fsp3) is 0.625. The summed E-state index contributed by atoms with van der Waals surface area (Å²) in [6, 6.07) is 6.66. The summed E-state index contributed by atoms with van der Waals surface area (Å²) in [6.07, 6.45) is 6.07. The standard InChI is InChI=1S/C16H22N2O2/c17-13-4-5-15-12(10-13)11-19-16(20-15)6-8-18(9-7-16)14-2-1-3-14/h4-5,10,14H,1-3,6-9,11,17H2. The Kier molecular flexibility index (Phi) is 2.89. The molecule has 4 rings (SSSR count). The third-order valence-electron chi connectivity index (χ3n) is 5.02. The molecule has 1 saturated heterocycles. The number of nitrogen functional groups attached to an aromatic ring is 1. The van der Waals surface area contributed by atoms with Crippen LogP contribution in [0, 0.1) is 0 Å². The smallest absolute Gasteiger partial charge is 0.213 e. The van der Waals surface area contributed by atoms with Crippen LogP contribution in [-0.2, 0) is 11.3 Å². The average molecular weight is 274 g/mol. The van der Waals surface area contributed by atoms with Gasteiger partial charge in [0.05, 0.1) is 6.61 Å². The van der Waals surface area contributed by atoms with Gasteiger partial charge in [-0.15, -0.1) is 0 Å². The average Bonchev–Trinajstić information content (AvgIpc) is 2.40. The molecule has 1 spiro atoms. The Hall–Kier alpha value is -1.26. The summed E-state index contributed by atoms with van der Waals surface area (Å²) in [5, 5.41) is 0. The number of rotatable bonds is 1. The van der Waals surface area contributed by atoms with Crippen molar-refractivity contribution in [3.63, 3.8) is 0 Å². The van der Waals surface area contributed by atoms with Crippen molar-refractivity contribution in [3.8, 4) is 5.75 Å². The molecule has 1 aromatic rings. The number of likely N-dealkylation sites (tertiary alicyclic amines) is 1. The molecule has 4 nitrogen and oxygen atoms in total. The van der Waals surface area contributed by atoms with E-state index in [2.05, 4.69) is 4.90 Å². The lowest BCUT2D eigenvalue weighted by molar-refractivity contribution is -0.231. The predicted octanol–water partition coefficient (Wildman–Crippen LogP) is 2.52. The molecule has 1 aromatic carbocycles. The Balaban J connectivity index is 1.46. The van der Waals surface area contributed by atoms with E-state index in [1.807, 2.05) is 18.2 Å². The molecule has 2 aliphatic heterocycles. The maximum absolute atomic E-state index is 6.19. The predicted molar refractivity (Wildman–Crippen MR) is 77.4 cm³/mol. The number of benzene rings is 1. The molecule has 108 valence electrons. The topological polar surface area (TPSA) is 47.7 Å². The maximum Gasteiger partial charge on any atom is 0.213 e. The van der Waals surface area contributed by atoms with E-state index in [0.717, 1.165) is 49.0 Å². The molecule has 0 atom stereocenters. The van der Waals surface area contributed by atoms with Gasteiger partial charge in [-0.2, -0.15) is 0 Å². The SMILES string of the molecule is Nc1ccc2c(c1)COC1(CCN(C3CCC3)CC1)O2. The van der Waals surface area contributed by atoms with Crippen molar-refractivity contribution >= 4 is 5.69 Å². The van der Waals surface area contributed by atoms with Crippen LogP contribution in [0.4, 0.5) is 5.69 Å². The van der Waals surface area contributed by atoms with Crippen molar-refractivity contribution in [1.29, 1.82) is 0 Å². The molecule has 0 bridgehead atoms. The monoisotopic (exact) mass is 274 g/mol. The summed E-state index contributed by atoms with van der Waals surface area (Å²) >= 11 is 0. The highest BCUT2D eigenvalue weighted by atomic mass is 16.7. The number of anilines is 1. The molecule has 0 radical (unpaired) electrons. The Morgan fingerprint density at radius 1 is 1.20 bits per heavy atom. The zero-order valence-corrected chi connectivity index (χ0v) is 11.8. The van der Waals surface area contributed by atoms with E-state index in [9.17, 15) is 0 Å². The maximum atomic E-state index is 6.19. The van der Waals surface area contributed by atoms with Gasteiger partial charge in [-0.1, -0.05) is 6.42 Å². The van der Waals surface area contributed by atoms with E-state index >= 15 is 0 Å². The van der Waals surface area contributed by atoms with Crippen LogP contribution in [0.15, 0.2) is 18.2 Å². The minimum Gasteiger partial charge on any atom is -0.462 e. The molecule has 3 aliphatic rings. The second-order valence-electron chi connectivity index (χ2n) is 6.29. The highest BCUT2D eigenvalue weighted by Crippen LogP contribution is 2.39. The molecular weight excluding hydrogens is 252 g/mol. The Morgan fingerprint density at radius 2 is 2.00 bits per heavy atom. The first kappa shape index (κ1) is 12.5. The zero-order chi connectivity index (χ0) is 13.6. The van der Waals surface area contributed by atoms with Crippen molar-refractivity contribution in [3.05, 3.63) is 23.8 Å². The van der Waals surface area contributed by atoms with Gasteiger partial charge in [0.25, 0.3) is 0 Å². The first-order chi connectivity index (χ1) is 9.74. The lowest BCUT2D eigenvalue weighted by Gasteiger charge is -2.47. The molecular formula is C16H22N2O2. The van der Waals surface area contributed by atoms with Crippen LogP contribution in [0.25, 0.3) is 0 Å². The van der Waals surface area contributed by atoms with Gasteiger partial charge in [-0.25, -0.2) is 0 Å². The van der Waals surface area contributed by atoms with Gasteiger partial charge in [0.15, 0.2) is 0 Å². The molecule has 0 aromatic heterocycles. The van der Waals surface area contributed by atoms with E-state index in [0.29, 0.717) is 6.61 Å². The van der Waals surface area contributed by atoms with Crippen molar-refractivity contribution in [2.75, 3.05) is 18.8 Å². The fourth-order valence-electron chi connectivity index (χ4n) is 3.48. The summed E-state index contributed by atoms with van der Waals surface area (Å²) in [6.45, 7) is 2.80. The largest absolute Gasteiger partial charge is 0.462 e. The molecule has 1 aliphatic carbocycles. The van der Waals surface area contributed by atoms with Crippen LogP contribution in [-0.4, -0.2) is 29.8 Å². The van der Waals surface area contributed by atoms with Crippen molar-refractivity contribution in [2.45, 2.75) is 50.5 Å². The summed E-state index contributed by atoms with van der Waals surface area (Å²) in [4.78, 5) is 2.61. The molecule has 2 fully saturated rings. The first-order valence-electron chi connectivity index (χ1n) is 7.70. The zero-order valence-electron chi connectivity index (χ0n) is 11.8. The van der Waals surface area contributed by atoms with Gasteiger partial charge in [0.1, 0.15) is 5.75 Å². The van der Waals surface area contributed by atoms with E-state index < -0.39 is 5.79 Å². The molecule has 2 heterocycles. The molecule has 2 N–H and O–H groups in total. The quantitative estimate of drug-likeness (QED) is 0.799. The lowest BCUT2D eigenvalue weighted by Crippen LogP contribution is -2.54. The second kappa shape index (κ2) is 4.64. The van der Waals surface area contributed by atoms with Crippen LogP contribution in [0.2, 0.25) is 0 Å². The van der Waals surface area contributed by atoms with Gasteiger partial charge in [-0.3, -0.25) is 4.90 Å². The van der Waals surface area contributed by atoms with Crippen molar-refractivity contribution in [1.82, 2.24) is 4.90 Å². The molecule has 20 heavy (non-hydrogen) atoms. The van der Waals surface area contributed by atoms with Gasteiger partial charge in [-0.05, 0) is 31.0 Å². The van der Waals surface area contributed by atoms with E-state index in [1.54, 1.807) is 0 Å². The van der Waals surface area contributed by atoms with Crippen LogP contribution in [0.3, 0.4) is 0 Å². The van der Waals surface area contributed by atoms with Gasteiger partial charge in [0.2, 0.25) is 5.79 Å². The summed E-state index contributed by atoms with van der Waals surface area (Å²) in [5.41, 5.74) is 7.64. The fourth-order valence-corrected chi connectivity index (χ4v) is 3.48. The summed E-state index contributed by atoms with van der Waals surface area (Å²) < 4.78 is 12.3. The van der Waals surface area contributed by atoms with Crippen LogP contribution in [0.1, 0.15) is 37.7 Å². The highest BCUT2D eigenvalue weighted by Gasteiger charge is 2.42. The summed E-state index contributed by atoms with van der Waals surface area (Å²) in [7, 11) is 0. The molecule has 0 amide bonds. The van der Waals surface area contributed by atoms with Gasteiger partial charge < -0.3 is 15.2 Å². The molecule has 1 saturated carbocycles. The Bertz CT molecular complexity index is 505.